The van der Waals surface area contributed by atoms with Gasteiger partial charge in [0.1, 0.15) is 5.37 Å². The van der Waals surface area contributed by atoms with Crippen LogP contribution in [0.4, 0.5) is 19.0 Å². The summed E-state index contributed by atoms with van der Waals surface area (Å²) >= 11 is 1.30. The van der Waals surface area contributed by atoms with Crippen LogP contribution in [0.5, 0.6) is 0 Å². The Hall–Kier alpha value is -3.41. The first-order valence-corrected chi connectivity index (χ1v) is 9.81. The van der Waals surface area contributed by atoms with Gasteiger partial charge in [-0.05, 0) is 40.3 Å². The van der Waals surface area contributed by atoms with Crippen LogP contribution < -0.4 is 5.43 Å². The molecule has 4 aromatic rings. The van der Waals surface area contributed by atoms with Crippen LogP contribution in [0.25, 0.3) is 16.7 Å². The molecule has 5 rings (SSSR count). The molecule has 1 atom stereocenters. The largest absolute Gasteiger partial charge is 0.416 e. The highest BCUT2D eigenvalue weighted by Crippen LogP contribution is 2.40. The number of carbonyl (C=O) groups excluding carboxylic acids is 1. The number of anilines is 1. The molecule has 2 aromatic heterocycles. The lowest BCUT2D eigenvalue weighted by atomic mass is 10.1. The molecular formula is C18H12F3N7OS. The molecule has 3 heterocycles. The third-order valence-corrected chi connectivity index (χ3v) is 5.85. The number of thioether (sulfide) groups is 1. The number of nitrogens with one attached hydrogen (secondary N) is 1. The van der Waals surface area contributed by atoms with Crippen molar-refractivity contribution >= 4 is 40.2 Å². The molecule has 1 amide bonds. The molecule has 0 aliphatic carbocycles. The van der Waals surface area contributed by atoms with Crippen LogP contribution in [0.15, 0.2) is 48.5 Å². The van der Waals surface area contributed by atoms with E-state index in [2.05, 4.69) is 25.9 Å². The van der Waals surface area contributed by atoms with Crippen LogP contribution in [0.1, 0.15) is 16.5 Å². The predicted octanol–water partition coefficient (Wildman–Crippen LogP) is 3.29. The third kappa shape index (κ3) is 3.09. The normalized spacial score (nSPS) is 17.2. The van der Waals surface area contributed by atoms with E-state index in [0.29, 0.717) is 22.2 Å². The number of nitrogens with zero attached hydrogens (tertiary/aromatic N) is 6. The number of aromatic nitrogens is 5. The number of halogens is 3. The number of benzene rings is 2. The highest BCUT2D eigenvalue weighted by atomic mass is 32.2. The van der Waals surface area contributed by atoms with Gasteiger partial charge in [0.25, 0.3) is 5.91 Å². The maximum Gasteiger partial charge on any atom is 0.416 e. The summed E-state index contributed by atoms with van der Waals surface area (Å²) in [7, 11) is 0. The average molecular weight is 431 g/mol. The minimum atomic E-state index is -4.42. The van der Waals surface area contributed by atoms with Gasteiger partial charge in [-0.15, -0.1) is 16.9 Å². The highest BCUT2D eigenvalue weighted by Gasteiger charge is 2.35. The molecule has 1 aliphatic heterocycles. The summed E-state index contributed by atoms with van der Waals surface area (Å²) in [5.74, 6) is 0.213. The molecule has 0 bridgehead atoms. The van der Waals surface area contributed by atoms with Gasteiger partial charge in [-0.25, -0.2) is 9.99 Å². The molecule has 1 fully saturated rings. The fourth-order valence-corrected chi connectivity index (χ4v) is 4.33. The van der Waals surface area contributed by atoms with Crippen LogP contribution in [0.3, 0.4) is 0 Å². The molecule has 30 heavy (non-hydrogen) atoms. The van der Waals surface area contributed by atoms with Gasteiger partial charge in [0, 0.05) is 0 Å². The van der Waals surface area contributed by atoms with Gasteiger partial charge >= 0.3 is 6.18 Å². The molecule has 0 saturated carbocycles. The molecule has 0 radical (unpaired) electrons. The van der Waals surface area contributed by atoms with Gasteiger partial charge in [0.2, 0.25) is 5.65 Å². The van der Waals surface area contributed by atoms with Crippen molar-refractivity contribution in [3.63, 3.8) is 0 Å². The second-order valence-electron chi connectivity index (χ2n) is 6.52. The molecule has 8 nitrogen and oxygen atoms in total. The lowest BCUT2D eigenvalue weighted by molar-refractivity contribution is -0.137. The van der Waals surface area contributed by atoms with E-state index >= 15 is 0 Å². The SMILES string of the molecule is O=C1CSC(c2ccc(C(F)(F)F)cc2)N1Nc1nc2ccccc2n2nnnc12. The number of fused-ring (bicyclic) bond motifs is 3. The summed E-state index contributed by atoms with van der Waals surface area (Å²) in [5, 5.41) is 12.5. The zero-order valence-electron chi connectivity index (χ0n) is 15.0. The topological polar surface area (TPSA) is 88.3 Å². The Labute approximate surface area is 171 Å². The maximum atomic E-state index is 12.9. The first-order valence-electron chi connectivity index (χ1n) is 8.76. The molecule has 1 aliphatic rings. The Balaban J connectivity index is 1.51. The summed E-state index contributed by atoms with van der Waals surface area (Å²) in [6.07, 6.45) is -4.42. The summed E-state index contributed by atoms with van der Waals surface area (Å²) < 4.78 is 40.1. The van der Waals surface area contributed by atoms with Gasteiger partial charge in [-0.3, -0.25) is 10.2 Å². The van der Waals surface area contributed by atoms with E-state index < -0.39 is 17.1 Å². The van der Waals surface area contributed by atoms with Crippen molar-refractivity contribution in [3.05, 3.63) is 59.7 Å². The Morgan fingerprint density at radius 3 is 2.63 bits per heavy atom. The van der Waals surface area contributed by atoms with E-state index in [9.17, 15) is 18.0 Å². The minimum Gasteiger partial charge on any atom is -0.275 e. The first-order chi connectivity index (χ1) is 14.4. The van der Waals surface area contributed by atoms with E-state index in [4.69, 9.17) is 0 Å². The highest BCUT2D eigenvalue weighted by molar-refractivity contribution is 8.00. The molecule has 0 spiro atoms. The van der Waals surface area contributed by atoms with Crippen LogP contribution in [-0.4, -0.2) is 41.7 Å². The minimum absolute atomic E-state index is 0.174. The quantitative estimate of drug-likeness (QED) is 0.533. The van der Waals surface area contributed by atoms with Crippen molar-refractivity contribution in [1.29, 1.82) is 0 Å². The van der Waals surface area contributed by atoms with Gasteiger partial charge in [0.15, 0.2) is 5.82 Å². The molecule has 2 aromatic carbocycles. The Morgan fingerprint density at radius 2 is 1.87 bits per heavy atom. The predicted molar refractivity (Wildman–Crippen MR) is 103 cm³/mol. The summed E-state index contributed by atoms with van der Waals surface area (Å²) in [5.41, 5.74) is 4.42. The van der Waals surface area contributed by atoms with Crippen LogP contribution in [0, 0.1) is 0 Å². The number of alkyl halides is 3. The number of hydrogen-bond donors (Lipinski definition) is 1. The van der Waals surface area contributed by atoms with E-state index in [1.807, 2.05) is 18.2 Å². The monoisotopic (exact) mass is 431 g/mol. The van der Waals surface area contributed by atoms with Gasteiger partial charge in [0.05, 0.1) is 22.3 Å². The van der Waals surface area contributed by atoms with Crippen molar-refractivity contribution in [1.82, 2.24) is 30.0 Å². The van der Waals surface area contributed by atoms with Crippen LogP contribution in [-0.2, 0) is 11.0 Å². The van der Waals surface area contributed by atoms with Crippen molar-refractivity contribution in [2.45, 2.75) is 11.6 Å². The second-order valence-corrected chi connectivity index (χ2v) is 7.59. The van der Waals surface area contributed by atoms with E-state index in [-0.39, 0.29) is 17.5 Å². The van der Waals surface area contributed by atoms with Gasteiger partial charge in [-0.2, -0.15) is 17.7 Å². The lowest BCUT2D eigenvalue weighted by Crippen LogP contribution is -2.34. The zero-order chi connectivity index (χ0) is 20.9. The summed E-state index contributed by atoms with van der Waals surface area (Å²) in [6.45, 7) is 0. The number of hydrazine groups is 1. The Kier molecular flexibility index (Phi) is 4.24. The Bertz CT molecular complexity index is 1260. The standard InChI is InChI=1S/C18H12F3N7OS/c19-18(20,21)11-7-5-10(6-8-11)17-28(14(29)9-30-17)24-15-16-23-25-26-27(16)13-4-2-1-3-12(13)22-15/h1-8,17H,9H2,(H,22,24). The Morgan fingerprint density at radius 1 is 1.10 bits per heavy atom. The first kappa shape index (κ1) is 18.6. The fraction of sp³-hybridized carbons (Fsp3) is 0.167. The van der Waals surface area contributed by atoms with E-state index in [1.54, 1.807) is 6.07 Å². The van der Waals surface area contributed by atoms with E-state index in [0.717, 1.165) is 12.1 Å². The molecular weight excluding hydrogens is 419 g/mol. The van der Waals surface area contributed by atoms with Crippen molar-refractivity contribution in [3.8, 4) is 0 Å². The second kappa shape index (κ2) is 6.83. The number of rotatable bonds is 3. The molecule has 12 heteroatoms. The van der Waals surface area contributed by atoms with E-state index in [1.165, 1.54) is 33.4 Å². The van der Waals surface area contributed by atoms with Crippen LogP contribution >= 0.6 is 11.8 Å². The van der Waals surface area contributed by atoms with Crippen molar-refractivity contribution in [2.24, 2.45) is 0 Å². The van der Waals surface area contributed by atoms with Gasteiger partial charge in [-0.1, -0.05) is 24.3 Å². The van der Waals surface area contributed by atoms with Crippen molar-refractivity contribution in [2.75, 3.05) is 11.2 Å². The van der Waals surface area contributed by atoms with Crippen LogP contribution in [0.2, 0.25) is 0 Å². The lowest BCUT2D eigenvalue weighted by Gasteiger charge is -2.25. The summed E-state index contributed by atoms with van der Waals surface area (Å²) in [6, 6.07) is 12.0. The average Bonchev–Trinajstić information content (AvgIpc) is 3.36. The number of para-hydroxylation sites is 2. The molecule has 1 unspecified atom stereocenters. The van der Waals surface area contributed by atoms with Crippen molar-refractivity contribution < 1.29 is 18.0 Å². The number of amides is 1. The number of carbonyl (C=O) groups is 1. The molecule has 152 valence electrons. The molecule has 1 N–H and O–H groups in total. The third-order valence-electron chi connectivity index (χ3n) is 4.64. The maximum absolute atomic E-state index is 12.9. The fourth-order valence-electron chi connectivity index (χ4n) is 3.22. The molecule has 1 saturated heterocycles. The number of hydrogen-bond acceptors (Lipinski definition) is 7. The number of tetrazole rings is 1. The van der Waals surface area contributed by atoms with Gasteiger partial charge < -0.3 is 0 Å². The smallest absolute Gasteiger partial charge is 0.275 e. The zero-order valence-corrected chi connectivity index (χ0v) is 15.9. The summed E-state index contributed by atoms with van der Waals surface area (Å²) in [4.78, 5) is 17.0.